The minimum atomic E-state index is -0.0398. The van der Waals surface area contributed by atoms with Gasteiger partial charge in [0.1, 0.15) is 0 Å². The van der Waals surface area contributed by atoms with E-state index in [-0.39, 0.29) is 11.9 Å². The summed E-state index contributed by atoms with van der Waals surface area (Å²) in [5.74, 6) is 4.32. The molecule has 0 aliphatic heterocycles. The normalized spacial score (nSPS) is 31.0. The number of amides is 1. The summed E-state index contributed by atoms with van der Waals surface area (Å²) in [4.78, 5) is 12.7. The second-order valence-electron chi connectivity index (χ2n) is 9.30. The Morgan fingerprint density at radius 3 is 1.97 bits per heavy atom. The Morgan fingerprint density at radius 2 is 1.52 bits per heavy atom. The van der Waals surface area contributed by atoms with E-state index < -0.39 is 0 Å². The summed E-state index contributed by atoms with van der Waals surface area (Å²) in [6.07, 6.45) is 11.5. The van der Waals surface area contributed by atoms with E-state index in [4.69, 9.17) is 14.2 Å². The van der Waals surface area contributed by atoms with Gasteiger partial charge in [-0.15, -0.1) is 0 Å². The molecule has 1 aromatic carbocycles. The minimum Gasteiger partial charge on any atom is -0.493 e. The van der Waals surface area contributed by atoms with Crippen molar-refractivity contribution < 1.29 is 19.0 Å². The second-order valence-corrected chi connectivity index (χ2v) is 9.30. The SMILES string of the molecule is COc1cc(C=CC(=O)NC(C)C23CC4CC(CC(C4)C2)C3)cc(OC)c1OC. The first-order valence-electron chi connectivity index (χ1n) is 10.7. The molecule has 0 spiro atoms. The molecule has 29 heavy (non-hydrogen) atoms. The van der Waals surface area contributed by atoms with Crippen LogP contribution in [0.5, 0.6) is 17.2 Å². The van der Waals surface area contributed by atoms with Gasteiger partial charge in [0.25, 0.3) is 0 Å². The molecule has 0 saturated heterocycles. The molecule has 0 aromatic heterocycles. The molecular weight excluding hydrogens is 366 g/mol. The smallest absolute Gasteiger partial charge is 0.244 e. The van der Waals surface area contributed by atoms with Gasteiger partial charge in [-0.1, -0.05) is 0 Å². The summed E-state index contributed by atoms with van der Waals surface area (Å²) in [6, 6.07) is 3.90. The van der Waals surface area contributed by atoms with Crippen LogP contribution in [0.25, 0.3) is 6.08 Å². The Hall–Kier alpha value is -2.17. The highest BCUT2D eigenvalue weighted by Crippen LogP contribution is 2.61. The predicted molar refractivity (Wildman–Crippen MR) is 113 cm³/mol. The van der Waals surface area contributed by atoms with Crippen molar-refractivity contribution in [1.82, 2.24) is 5.32 Å². The van der Waals surface area contributed by atoms with Crippen molar-refractivity contribution in [3.63, 3.8) is 0 Å². The van der Waals surface area contributed by atoms with Gasteiger partial charge in [-0.05, 0) is 92.4 Å². The van der Waals surface area contributed by atoms with Gasteiger partial charge in [-0.25, -0.2) is 0 Å². The highest BCUT2D eigenvalue weighted by molar-refractivity contribution is 5.92. The Morgan fingerprint density at radius 1 is 1.00 bits per heavy atom. The molecule has 0 radical (unpaired) electrons. The molecule has 1 N–H and O–H groups in total. The molecule has 4 aliphatic rings. The first-order chi connectivity index (χ1) is 14.0. The zero-order chi connectivity index (χ0) is 20.6. The molecule has 1 aromatic rings. The number of hydrogen-bond acceptors (Lipinski definition) is 4. The molecule has 4 bridgehead atoms. The van der Waals surface area contributed by atoms with Gasteiger partial charge in [-0.3, -0.25) is 4.79 Å². The van der Waals surface area contributed by atoms with Crippen molar-refractivity contribution in [3.8, 4) is 17.2 Å². The lowest BCUT2D eigenvalue weighted by atomic mass is 9.48. The molecule has 1 unspecified atom stereocenters. The van der Waals surface area contributed by atoms with Crippen LogP contribution in [0, 0.1) is 23.2 Å². The summed E-state index contributed by atoms with van der Waals surface area (Å²) >= 11 is 0. The molecule has 158 valence electrons. The van der Waals surface area contributed by atoms with E-state index in [0.29, 0.717) is 22.7 Å². The summed E-state index contributed by atoms with van der Waals surface area (Å²) in [7, 11) is 4.75. The van der Waals surface area contributed by atoms with Crippen LogP contribution in [-0.2, 0) is 4.79 Å². The fourth-order valence-corrected chi connectivity index (χ4v) is 6.49. The number of nitrogens with one attached hydrogen (secondary N) is 1. The average molecular weight is 400 g/mol. The predicted octanol–water partition coefficient (Wildman–Crippen LogP) is 4.45. The molecule has 1 atom stereocenters. The summed E-state index contributed by atoms with van der Waals surface area (Å²) in [6.45, 7) is 2.21. The van der Waals surface area contributed by atoms with Crippen LogP contribution < -0.4 is 19.5 Å². The van der Waals surface area contributed by atoms with Crippen LogP contribution in [0.1, 0.15) is 51.0 Å². The van der Waals surface area contributed by atoms with E-state index in [2.05, 4.69) is 12.2 Å². The topological polar surface area (TPSA) is 56.8 Å². The van der Waals surface area contributed by atoms with Crippen LogP contribution >= 0.6 is 0 Å². The van der Waals surface area contributed by atoms with Crippen LogP contribution in [-0.4, -0.2) is 33.3 Å². The molecule has 5 rings (SSSR count). The van der Waals surface area contributed by atoms with Crippen molar-refractivity contribution in [2.75, 3.05) is 21.3 Å². The third-order valence-electron chi connectivity index (χ3n) is 7.48. The van der Waals surface area contributed by atoms with Gasteiger partial charge in [0.2, 0.25) is 11.7 Å². The Bertz CT molecular complexity index is 740. The number of carbonyl (C=O) groups is 1. The second kappa shape index (κ2) is 7.92. The van der Waals surface area contributed by atoms with Gasteiger partial charge < -0.3 is 19.5 Å². The maximum atomic E-state index is 12.7. The van der Waals surface area contributed by atoms with Crippen LogP contribution in [0.3, 0.4) is 0 Å². The minimum absolute atomic E-state index is 0.0398. The number of methoxy groups -OCH3 is 3. The number of benzene rings is 1. The van der Waals surface area contributed by atoms with E-state index >= 15 is 0 Å². The fourth-order valence-electron chi connectivity index (χ4n) is 6.49. The third-order valence-corrected chi connectivity index (χ3v) is 7.48. The molecular formula is C24H33NO4. The number of carbonyl (C=O) groups excluding carboxylic acids is 1. The van der Waals surface area contributed by atoms with Gasteiger partial charge >= 0.3 is 0 Å². The third kappa shape index (κ3) is 3.84. The van der Waals surface area contributed by atoms with E-state index in [1.165, 1.54) is 38.5 Å². The van der Waals surface area contributed by atoms with Crippen molar-refractivity contribution in [2.24, 2.45) is 23.2 Å². The van der Waals surface area contributed by atoms with Gasteiger partial charge in [0, 0.05) is 12.1 Å². The first kappa shape index (κ1) is 20.1. The lowest BCUT2D eigenvalue weighted by Crippen LogP contribution is -2.55. The monoisotopic (exact) mass is 399 g/mol. The summed E-state index contributed by atoms with van der Waals surface area (Å²) < 4.78 is 16.1. The summed E-state index contributed by atoms with van der Waals surface area (Å²) in [5.41, 5.74) is 1.14. The van der Waals surface area contributed by atoms with Gasteiger partial charge in [-0.2, -0.15) is 0 Å². The lowest BCUT2D eigenvalue weighted by Gasteiger charge is -2.59. The van der Waals surface area contributed by atoms with E-state index in [1.54, 1.807) is 33.5 Å². The van der Waals surface area contributed by atoms with Crippen molar-refractivity contribution in [2.45, 2.75) is 51.5 Å². The summed E-state index contributed by atoms with van der Waals surface area (Å²) in [5, 5.41) is 3.27. The molecule has 4 saturated carbocycles. The van der Waals surface area contributed by atoms with Crippen molar-refractivity contribution in [3.05, 3.63) is 23.8 Å². The van der Waals surface area contributed by atoms with Crippen molar-refractivity contribution >= 4 is 12.0 Å². The molecule has 0 heterocycles. The Labute approximate surface area is 173 Å². The standard InChI is InChI=1S/C24H33NO4/c1-15(24-12-17-7-18(13-24)9-19(8-17)14-24)25-22(26)6-5-16-10-20(27-2)23(29-4)21(11-16)28-3/h5-6,10-11,15,17-19H,7-9,12-14H2,1-4H3,(H,25,26). The molecule has 5 nitrogen and oxygen atoms in total. The van der Waals surface area contributed by atoms with Crippen LogP contribution in [0.2, 0.25) is 0 Å². The van der Waals surface area contributed by atoms with Gasteiger partial charge in [0.15, 0.2) is 11.5 Å². The highest BCUT2D eigenvalue weighted by atomic mass is 16.5. The number of rotatable bonds is 7. The zero-order valence-corrected chi connectivity index (χ0v) is 18.0. The zero-order valence-electron chi connectivity index (χ0n) is 18.0. The highest BCUT2D eigenvalue weighted by Gasteiger charge is 2.53. The molecule has 5 heteroatoms. The lowest BCUT2D eigenvalue weighted by molar-refractivity contribution is -0.121. The number of hydrogen-bond donors (Lipinski definition) is 1. The Balaban J connectivity index is 1.44. The first-order valence-corrected chi connectivity index (χ1v) is 10.7. The maximum absolute atomic E-state index is 12.7. The molecule has 4 aliphatic carbocycles. The molecule has 1 amide bonds. The fraction of sp³-hybridized carbons (Fsp3) is 0.625. The van der Waals surface area contributed by atoms with E-state index in [1.807, 2.05) is 12.1 Å². The average Bonchev–Trinajstić information content (AvgIpc) is 2.70. The van der Waals surface area contributed by atoms with Crippen molar-refractivity contribution in [1.29, 1.82) is 0 Å². The number of ether oxygens (including phenoxy) is 3. The van der Waals surface area contributed by atoms with E-state index in [9.17, 15) is 4.79 Å². The van der Waals surface area contributed by atoms with E-state index in [0.717, 1.165) is 23.3 Å². The molecule has 4 fully saturated rings. The van der Waals surface area contributed by atoms with Gasteiger partial charge in [0.05, 0.1) is 21.3 Å². The van der Waals surface area contributed by atoms with Crippen LogP contribution in [0.4, 0.5) is 0 Å². The Kier molecular flexibility index (Phi) is 5.50. The maximum Gasteiger partial charge on any atom is 0.244 e. The van der Waals surface area contributed by atoms with Crippen LogP contribution in [0.15, 0.2) is 18.2 Å². The largest absolute Gasteiger partial charge is 0.493 e. The quantitative estimate of drug-likeness (QED) is 0.689.